The van der Waals surface area contributed by atoms with Gasteiger partial charge in [-0.05, 0) is 50.7 Å². The summed E-state index contributed by atoms with van der Waals surface area (Å²) in [4.78, 5) is 21.8. The van der Waals surface area contributed by atoms with Crippen LogP contribution < -0.4 is 21.3 Å². The Kier molecular flexibility index (Phi) is 8.16. The highest BCUT2D eigenvalue weighted by Gasteiger charge is 2.38. The van der Waals surface area contributed by atoms with Gasteiger partial charge in [0.05, 0.1) is 17.9 Å². The third kappa shape index (κ3) is 5.69. The number of halogens is 1. The SMILES string of the molecule is CCOCCN/C=C1\C(=N)N=C(NCCCNC)N=C1C1C(=O)Nc2ccc(Cl)cc21. The van der Waals surface area contributed by atoms with Gasteiger partial charge in [-0.1, -0.05) is 11.6 Å². The molecule has 0 saturated carbocycles. The van der Waals surface area contributed by atoms with Gasteiger partial charge in [0, 0.05) is 36.6 Å². The van der Waals surface area contributed by atoms with Crippen LogP contribution in [0, 0.1) is 5.41 Å². The standard InChI is InChI=1S/C21H28ClN7O2/c1-3-31-10-9-25-12-15-18(28-21(29-19(15)23)26-8-4-7-24-2)17-14-11-13(22)5-6-16(14)27-20(17)30/h5-6,11-12,17,24-25H,3-4,7-10H2,1-2H3,(H,27,30)(H2,23,26,29)/b15-12-. The summed E-state index contributed by atoms with van der Waals surface area (Å²) < 4.78 is 5.34. The molecular formula is C21H28ClN7O2. The minimum absolute atomic E-state index is 0.0355. The monoisotopic (exact) mass is 445 g/mol. The third-order valence-corrected chi connectivity index (χ3v) is 5.06. The fraction of sp³-hybridized carbons (Fsp3) is 0.429. The van der Waals surface area contributed by atoms with Crippen molar-refractivity contribution in [1.29, 1.82) is 5.41 Å². The van der Waals surface area contributed by atoms with Crippen molar-refractivity contribution in [3.63, 3.8) is 0 Å². The average Bonchev–Trinajstić information content (AvgIpc) is 3.06. The molecule has 2 aliphatic heterocycles. The number of aliphatic imine (C=N–C) groups is 2. The fourth-order valence-electron chi connectivity index (χ4n) is 3.35. The van der Waals surface area contributed by atoms with Gasteiger partial charge < -0.3 is 26.0 Å². The first-order valence-electron chi connectivity index (χ1n) is 10.3. The van der Waals surface area contributed by atoms with Crippen LogP contribution in [0.5, 0.6) is 0 Å². The number of hydrogen-bond donors (Lipinski definition) is 5. The van der Waals surface area contributed by atoms with Gasteiger partial charge in [0.1, 0.15) is 5.92 Å². The summed E-state index contributed by atoms with van der Waals surface area (Å²) in [5.74, 6) is -0.529. The van der Waals surface area contributed by atoms with E-state index < -0.39 is 5.92 Å². The molecule has 0 aliphatic carbocycles. The van der Waals surface area contributed by atoms with Gasteiger partial charge in [-0.15, -0.1) is 0 Å². The number of ether oxygens (including phenoxy) is 1. The van der Waals surface area contributed by atoms with Gasteiger partial charge in [-0.2, -0.15) is 4.99 Å². The smallest absolute Gasteiger partial charge is 0.238 e. The normalized spacial score (nSPS) is 19.1. The van der Waals surface area contributed by atoms with E-state index in [9.17, 15) is 4.79 Å². The molecule has 0 radical (unpaired) electrons. The van der Waals surface area contributed by atoms with E-state index in [0.717, 1.165) is 18.5 Å². The van der Waals surface area contributed by atoms with Crippen molar-refractivity contribution in [3.05, 3.63) is 40.6 Å². The Morgan fingerprint density at radius 3 is 2.90 bits per heavy atom. The third-order valence-electron chi connectivity index (χ3n) is 4.82. The summed E-state index contributed by atoms with van der Waals surface area (Å²) in [6, 6.07) is 5.27. The van der Waals surface area contributed by atoms with Crippen molar-refractivity contribution in [3.8, 4) is 0 Å². The lowest BCUT2D eigenvalue weighted by Crippen LogP contribution is -2.35. The van der Waals surface area contributed by atoms with Crippen molar-refractivity contribution in [1.82, 2.24) is 16.0 Å². The zero-order valence-corrected chi connectivity index (χ0v) is 18.5. The fourth-order valence-corrected chi connectivity index (χ4v) is 3.53. The minimum atomic E-state index is -0.682. The lowest BCUT2D eigenvalue weighted by Gasteiger charge is -2.21. The van der Waals surface area contributed by atoms with Gasteiger partial charge in [0.15, 0.2) is 5.84 Å². The molecule has 1 unspecified atom stereocenters. The van der Waals surface area contributed by atoms with Crippen molar-refractivity contribution in [2.75, 3.05) is 45.2 Å². The Bertz CT molecular complexity index is 926. The first-order valence-corrected chi connectivity index (χ1v) is 10.7. The lowest BCUT2D eigenvalue weighted by atomic mass is 9.90. The highest BCUT2D eigenvalue weighted by atomic mass is 35.5. The maximum Gasteiger partial charge on any atom is 0.238 e. The molecule has 3 rings (SSSR count). The topological polar surface area (TPSA) is 123 Å². The van der Waals surface area contributed by atoms with Crippen LogP contribution in [-0.2, 0) is 9.53 Å². The molecule has 1 amide bonds. The van der Waals surface area contributed by atoms with Gasteiger partial charge in [0.2, 0.25) is 11.9 Å². The maximum atomic E-state index is 12.9. The number of amides is 1. The van der Waals surface area contributed by atoms with Crippen LogP contribution in [0.15, 0.2) is 40.0 Å². The van der Waals surface area contributed by atoms with Crippen molar-refractivity contribution >= 4 is 40.7 Å². The van der Waals surface area contributed by atoms with Crippen LogP contribution in [0.25, 0.3) is 0 Å². The molecule has 0 fully saturated rings. The molecule has 1 aromatic rings. The molecule has 5 N–H and O–H groups in total. The van der Waals surface area contributed by atoms with E-state index in [0.29, 0.717) is 54.3 Å². The van der Waals surface area contributed by atoms with E-state index in [2.05, 4.69) is 31.3 Å². The second-order valence-electron chi connectivity index (χ2n) is 7.03. The van der Waals surface area contributed by atoms with Crippen LogP contribution in [0.2, 0.25) is 5.02 Å². The Hall–Kier alpha value is -2.75. The number of carbonyl (C=O) groups is 1. The van der Waals surface area contributed by atoms with Gasteiger partial charge in [-0.25, -0.2) is 4.99 Å². The van der Waals surface area contributed by atoms with Gasteiger partial charge in [-0.3, -0.25) is 10.2 Å². The van der Waals surface area contributed by atoms with Crippen molar-refractivity contribution in [2.45, 2.75) is 19.3 Å². The summed E-state index contributed by atoms with van der Waals surface area (Å²) >= 11 is 6.20. The summed E-state index contributed by atoms with van der Waals surface area (Å²) in [6.45, 7) is 5.16. The Morgan fingerprint density at radius 2 is 2.13 bits per heavy atom. The number of nitrogens with one attached hydrogen (secondary N) is 5. The average molecular weight is 446 g/mol. The molecule has 10 heteroatoms. The Labute approximate surface area is 186 Å². The van der Waals surface area contributed by atoms with E-state index in [1.807, 2.05) is 14.0 Å². The number of benzene rings is 1. The van der Waals surface area contributed by atoms with E-state index in [1.54, 1.807) is 24.4 Å². The Balaban J connectivity index is 1.90. The van der Waals surface area contributed by atoms with Crippen LogP contribution in [-0.4, -0.2) is 63.3 Å². The number of amidine groups is 1. The predicted octanol–water partition coefficient (Wildman–Crippen LogP) is 1.87. The highest BCUT2D eigenvalue weighted by molar-refractivity contribution is 6.37. The largest absolute Gasteiger partial charge is 0.388 e. The molecule has 0 bridgehead atoms. The molecule has 31 heavy (non-hydrogen) atoms. The van der Waals surface area contributed by atoms with Crippen LogP contribution >= 0.6 is 11.6 Å². The first kappa shape index (κ1) is 22.9. The minimum Gasteiger partial charge on any atom is -0.388 e. The zero-order valence-electron chi connectivity index (χ0n) is 17.7. The molecule has 2 aliphatic rings. The van der Waals surface area contributed by atoms with E-state index >= 15 is 0 Å². The van der Waals surface area contributed by atoms with Crippen LogP contribution in [0.1, 0.15) is 24.8 Å². The highest BCUT2D eigenvalue weighted by Crippen LogP contribution is 2.37. The van der Waals surface area contributed by atoms with Gasteiger partial charge >= 0.3 is 0 Å². The maximum absolute atomic E-state index is 12.9. The second-order valence-corrected chi connectivity index (χ2v) is 7.46. The molecule has 1 aromatic carbocycles. The molecular weight excluding hydrogens is 418 g/mol. The van der Waals surface area contributed by atoms with Crippen molar-refractivity contribution in [2.24, 2.45) is 9.98 Å². The molecule has 0 spiro atoms. The summed E-state index contributed by atoms with van der Waals surface area (Å²) in [5, 5.41) is 21.3. The number of carbonyl (C=O) groups excluding carboxylic acids is 1. The number of guanidine groups is 1. The lowest BCUT2D eigenvalue weighted by molar-refractivity contribution is -0.115. The number of nitrogens with zero attached hydrogens (tertiary/aromatic N) is 2. The molecule has 2 heterocycles. The van der Waals surface area contributed by atoms with E-state index in [1.165, 1.54) is 0 Å². The van der Waals surface area contributed by atoms with E-state index in [-0.39, 0.29) is 11.7 Å². The van der Waals surface area contributed by atoms with E-state index in [4.69, 9.17) is 21.7 Å². The molecule has 0 aromatic heterocycles. The Morgan fingerprint density at radius 1 is 1.29 bits per heavy atom. The van der Waals surface area contributed by atoms with Crippen molar-refractivity contribution < 1.29 is 9.53 Å². The van der Waals surface area contributed by atoms with Crippen LogP contribution in [0.4, 0.5) is 5.69 Å². The predicted molar refractivity (Wildman–Crippen MR) is 125 cm³/mol. The number of fused-ring (bicyclic) bond motifs is 1. The summed E-state index contributed by atoms with van der Waals surface area (Å²) in [7, 11) is 1.89. The summed E-state index contributed by atoms with van der Waals surface area (Å²) in [5.41, 5.74) is 2.35. The molecule has 166 valence electrons. The molecule has 0 saturated heterocycles. The van der Waals surface area contributed by atoms with Gasteiger partial charge in [0.25, 0.3) is 0 Å². The molecule has 1 atom stereocenters. The first-order chi connectivity index (χ1) is 15.0. The number of rotatable bonds is 10. The number of anilines is 1. The zero-order chi connectivity index (χ0) is 22.2. The second kappa shape index (κ2) is 11.0. The molecule has 9 nitrogen and oxygen atoms in total. The quantitative estimate of drug-likeness (QED) is 0.352. The number of hydrogen-bond acceptors (Lipinski definition) is 7. The van der Waals surface area contributed by atoms with Crippen LogP contribution in [0.3, 0.4) is 0 Å². The summed E-state index contributed by atoms with van der Waals surface area (Å²) in [6.07, 6.45) is 2.55.